The van der Waals surface area contributed by atoms with Crippen LogP contribution in [0.25, 0.3) is 28.1 Å². The topological polar surface area (TPSA) is 17.8 Å². The van der Waals surface area contributed by atoms with Gasteiger partial charge in [0.1, 0.15) is 0 Å². The zero-order valence-electron chi connectivity index (χ0n) is 14.2. The van der Waals surface area contributed by atoms with Gasteiger partial charge in [-0.05, 0) is 29.7 Å². The normalized spacial score (nSPS) is 10.8. The Morgan fingerprint density at radius 1 is 0.880 bits per heavy atom. The number of nitrogens with zero attached hydrogens (tertiary/aromatic N) is 2. The van der Waals surface area contributed by atoms with Crippen LogP contribution in [0.5, 0.6) is 0 Å². The molecule has 0 amide bonds. The van der Waals surface area contributed by atoms with E-state index in [1.54, 1.807) is 0 Å². The summed E-state index contributed by atoms with van der Waals surface area (Å²) in [7, 11) is 0. The number of rotatable bonds is 3. The van der Waals surface area contributed by atoms with Gasteiger partial charge >= 0.3 is 0 Å². The summed E-state index contributed by atoms with van der Waals surface area (Å²) in [5.41, 5.74) is 5.64. The third-order valence-electron chi connectivity index (χ3n) is 4.31. The van der Waals surface area contributed by atoms with Crippen LogP contribution in [-0.2, 0) is 20.1 Å². The molecule has 0 N–H and O–H groups in total. The van der Waals surface area contributed by atoms with E-state index in [0.717, 1.165) is 22.4 Å². The zero-order chi connectivity index (χ0) is 16.5. The molecular formula is C22H19IrN2-. The summed E-state index contributed by atoms with van der Waals surface area (Å²) >= 11 is 0. The largest absolute Gasteiger partial charge is 0.333 e. The van der Waals surface area contributed by atoms with E-state index in [9.17, 15) is 0 Å². The molecule has 4 aromatic rings. The van der Waals surface area contributed by atoms with Crippen molar-refractivity contribution in [3.63, 3.8) is 0 Å². The smallest absolute Gasteiger partial charge is 0.0774 e. The molecule has 0 aliphatic carbocycles. The summed E-state index contributed by atoms with van der Waals surface area (Å²) in [5, 5.41) is 0. The molecule has 1 radical (unpaired) electrons. The van der Waals surface area contributed by atoms with Crippen LogP contribution >= 0.6 is 0 Å². The van der Waals surface area contributed by atoms with Crippen molar-refractivity contribution in [1.82, 2.24) is 9.55 Å². The summed E-state index contributed by atoms with van der Waals surface area (Å²) < 4.78 is 2.26. The summed E-state index contributed by atoms with van der Waals surface area (Å²) in [4.78, 5) is 4.89. The first-order valence-corrected chi connectivity index (χ1v) is 8.29. The summed E-state index contributed by atoms with van der Waals surface area (Å²) in [6.45, 7) is 4.46. The minimum atomic E-state index is 0. The standard InChI is InChI=1S/C22H19N2.Ir/c1-16(2)18-12-6-8-14-20(18)24-21-15-9-7-13-19(21)23-22(24)17-10-4-3-5-11-17;/h3-10,12-16H,1-2H3;/q-1;. The van der Waals surface area contributed by atoms with Gasteiger partial charge in [0.2, 0.25) is 0 Å². The van der Waals surface area contributed by atoms with Crippen molar-refractivity contribution in [3.8, 4) is 17.1 Å². The Morgan fingerprint density at radius 2 is 1.60 bits per heavy atom. The fourth-order valence-electron chi connectivity index (χ4n) is 3.16. The SMILES string of the molecule is CC(C)c1ccccc1-n1c(-c2[c-]cccc2)nc2ccccc21.[Ir]. The molecule has 3 aromatic carbocycles. The third kappa shape index (κ3) is 3.18. The Labute approximate surface area is 161 Å². The van der Waals surface area contributed by atoms with E-state index >= 15 is 0 Å². The fraction of sp³-hybridized carbons (Fsp3) is 0.136. The second-order valence-corrected chi connectivity index (χ2v) is 6.25. The molecule has 127 valence electrons. The molecule has 25 heavy (non-hydrogen) atoms. The Morgan fingerprint density at radius 3 is 2.36 bits per heavy atom. The predicted octanol–water partition coefficient (Wildman–Crippen LogP) is 5.61. The van der Waals surface area contributed by atoms with Gasteiger partial charge in [-0.15, -0.1) is 35.9 Å². The van der Waals surface area contributed by atoms with Crippen LogP contribution < -0.4 is 0 Å². The average molecular weight is 504 g/mol. The maximum atomic E-state index is 4.89. The molecule has 0 saturated carbocycles. The van der Waals surface area contributed by atoms with Crippen LogP contribution in [0.15, 0.2) is 72.8 Å². The Bertz CT molecular complexity index is 987. The molecule has 0 unspecified atom stereocenters. The zero-order valence-corrected chi connectivity index (χ0v) is 16.6. The number of para-hydroxylation sites is 3. The first kappa shape index (κ1) is 17.6. The van der Waals surface area contributed by atoms with E-state index in [4.69, 9.17) is 4.98 Å². The van der Waals surface area contributed by atoms with Crippen molar-refractivity contribution in [2.24, 2.45) is 0 Å². The molecule has 1 aromatic heterocycles. The van der Waals surface area contributed by atoms with Crippen LogP contribution in [0, 0.1) is 6.07 Å². The van der Waals surface area contributed by atoms with Gasteiger partial charge in [0, 0.05) is 25.8 Å². The number of hydrogen-bond acceptors (Lipinski definition) is 1. The molecule has 0 atom stereocenters. The average Bonchev–Trinajstić information content (AvgIpc) is 3.02. The molecular weight excluding hydrogens is 484 g/mol. The minimum Gasteiger partial charge on any atom is -0.333 e. The molecule has 2 nitrogen and oxygen atoms in total. The monoisotopic (exact) mass is 504 g/mol. The van der Waals surface area contributed by atoms with Crippen molar-refractivity contribution in [2.75, 3.05) is 0 Å². The first-order valence-electron chi connectivity index (χ1n) is 8.29. The van der Waals surface area contributed by atoms with Crippen LogP contribution in [0.2, 0.25) is 0 Å². The van der Waals surface area contributed by atoms with Crippen molar-refractivity contribution >= 4 is 11.0 Å². The van der Waals surface area contributed by atoms with Gasteiger partial charge < -0.3 is 4.57 Å². The molecule has 4 rings (SSSR count). The van der Waals surface area contributed by atoms with Crippen LogP contribution in [0.3, 0.4) is 0 Å². The van der Waals surface area contributed by atoms with Gasteiger partial charge in [-0.2, -0.15) is 0 Å². The molecule has 0 spiro atoms. The third-order valence-corrected chi connectivity index (χ3v) is 4.31. The van der Waals surface area contributed by atoms with E-state index in [1.807, 2.05) is 24.3 Å². The van der Waals surface area contributed by atoms with Gasteiger partial charge in [0.15, 0.2) is 0 Å². The van der Waals surface area contributed by atoms with Crippen molar-refractivity contribution in [3.05, 3.63) is 84.4 Å². The second kappa shape index (κ2) is 7.35. The molecule has 1 heterocycles. The maximum absolute atomic E-state index is 4.89. The van der Waals surface area contributed by atoms with Gasteiger partial charge in [-0.3, -0.25) is 4.98 Å². The van der Waals surface area contributed by atoms with Crippen LogP contribution in [0.1, 0.15) is 25.3 Å². The number of imidazole rings is 1. The van der Waals surface area contributed by atoms with E-state index in [1.165, 1.54) is 11.3 Å². The van der Waals surface area contributed by atoms with Crippen LogP contribution in [0.4, 0.5) is 0 Å². The molecule has 0 saturated heterocycles. The van der Waals surface area contributed by atoms with Crippen molar-refractivity contribution in [2.45, 2.75) is 19.8 Å². The quantitative estimate of drug-likeness (QED) is 0.332. The molecule has 3 heteroatoms. The van der Waals surface area contributed by atoms with Crippen LogP contribution in [-0.4, -0.2) is 9.55 Å². The minimum absolute atomic E-state index is 0. The number of hydrogen-bond donors (Lipinski definition) is 0. The van der Waals surface area contributed by atoms with Crippen molar-refractivity contribution in [1.29, 1.82) is 0 Å². The van der Waals surface area contributed by atoms with E-state index in [0.29, 0.717) is 5.92 Å². The molecule has 0 aliphatic rings. The number of fused-ring (bicyclic) bond motifs is 1. The first-order chi connectivity index (χ1) is 11.8. The second-order valence-electron chi connectivity index (χ2n) is 6.25. The Balaban J connectivity index is 0.00000182. The van der Waals surface area contributed by atoms with Gasteiger partial charge in [-0.25, -0.2) is 0 Å². The summed E-state index contributed by atoms with van der Waals surface area (Å²) in [5.74, 6) is 1.37. The Hall–Kier alpha value is -2.22. The summed E-state index contributed by atoms with van der Waals surface area (Å²) in [6.07, 6.45) is 0. The number of benzene rings is 3. The molecule has 0 fully saturated rings. The van der Waals surface area contributed by atoms with Gasteiger partial charge in [0.25, 0.3) is 0 Å². The maximum Gasteiger partial charge on any atom is 0.0774 e. The van der Waals surface area contributed by atoms with E-state index in [-0.39, 0.29) is 20.1 Å². The van der Waals surface area contributed by atoms with Crippen molar-refractivity contribution < 1.29 is 20.1 Å². The Kier molecular flexibility index (Phi) is 5.17. The van der Waals surface area contributed by atoms with Gasteiger partial charge in [-0.1, -0.05) is 44.2 Å². The number of aromatic nitrogens is 2. The van der Waals surface area contributed by atoms with Gasteiger partial charge in [0.05, 0.1) is 16.9 Å². The summed E-state index contributed by atoms with van der Waals surface area (Å²) in [6, 6.07) is 28.2. The van der Waals surface area contributed by atoms with E-state index in [2.05, 4.69) is 73.0 Å². The fourth-order valence-corrected chi connectivity index (χ4v) is 3.16. The molecule has 0 aliphatic heterocycles. The predicted molar refractivity (Wildman–Crippen MR) is 99.4 cm³/mol. The van der Waals surface area contributed by atoms with E-state index < -0.39 is 0 Å². The molecule has 0 bridgehead atoms.